The molecule has 1 aliphatic rings. The van der Waals surface area contributed by atoms with E-state index in [-0.39, 0.29) is 13.0 Å². The van der Waals surface area contributed by atoms with E-state index in [1.807, 2.05) is 0 Å². The van der Waals surface area contributed by atoms with E-state index in [4.69, 9.17) is 9.84 Å². The zero-order valence-corrected chi connectivity index (χ0v) is 11.8. The Kier molecular flexibility index (Phi) is 3.71. The van der Waals surface area contributed by atoms with Crippen molar-refractivity contribution in [3.63, 3.8) is 0 Å². The van der Waals surface area contributed by atoms with Crippen molar-refractivity contribution in [3.8, 4) is 16.9 Å². The van der Waals surface area contributed by atoms with Gasteiger partial charge in [0.25, 0.3) is 0 Å². The van der Waals surface area contributed by atoms with Crippen LogP contribution >= 0.6 is 0 Å². The fourth-order valence-corrected chi connectivity index (χ4v) is 2.56. The molecule has 1 unspecified atom stereocenters. The van der Waals surface area contributed by atoms with Gasteiger partial charge in [-0.3, -0.25) is 9.78 Å². The topological polar surface area (TPSA) is 59.4 Å². The van der Waals surface area contributed by atoms with Crippen LogP contribution in [0, 0.1) is 5.92 Å². The number of aliphatic carboxylic acids is 1. The van der Waals surface area contributed by atoms with Gasteiger partial charge in [0.2, 0.25) is 0 Å². The Labute approximate surface area is 129 Å². The molecular formula is C16H12F3NO3. The number of aromatic nitrogens is 1. The third-order valence-electron chi connectivity index (χ3n) is 3.70. The summed E-state index contributed by atoms with van der Waals surface area (Å²) >= 11 is 0. The van der Waals surface area contributed by atoms with Gasteiger partial charge < -0.3 is 9.84 Å². The molecule has 1 N–H and O–H groups in total. The number of para-hydroxylation sites is 1. The average molecular weight is 323 g/mol. The minimum Gasteiger partial charge on any atom is -0.492 e. The smallest absolute Gasteiger partial charge is 0.433 e. The Bertz CT molecular complexity index is 758. The lowest BCUT2D eigenvalue weighted by Gasteiger charge is -2.24. The van der Waals surface area contributed by atoms with E-state index in [0.29, 0.717) is 22.4 Å². The number of hydrogen-bond donors (Lipinski definition) is 1. The molecule has 0 bridgehead atoms. The lowest BCUT2D eigenvalue weighted by atomic mass is 9.93. The first-order chi connectivity index (χ1) is 10.9. The van der Waals surface area contributed by atoms with Crippen molar-refractivity contribution < 1.29 is 27.8 Å². The summed E-state index contributed by atoms with van der Waals surface area (Å²) in [6, 6.07) is 7.48. The number of carboxylic acids is 1. The second-order valence-corrected chi connectivity index (χ2v) is 5.27. The molecule has 4 nitrogen and oxygen atoms in total. The van der Waals surface area contributed by atoms with Crippen molar-refractivity contribution in [1.29, 1.82) is 0 Å². The first-order valence-corrected chi connectivity index (χ1v) is 6.87. The van der Waals surface area contributed by atoms with Crippen LogP contribution in [-0.2, 0) is 17.4 Å². The van der Waals surface area contributed by atoms with Crippen molar-refractivity contribution in [2.45, 2.75) is 12.6 Å². The largest absolute Gasteiger partial charge is 0.492 e. The molecule has 0 radical (unpaired) electrons. The molecule has 7 heteroatoms. The summed E-state index contributed by atoms with van der Waals surface area (Å²) in [5.41, 5.74) is 0.524. The number of benzene rings is 1. The minimum absolute atomic E-state index is 0.00341. The van der Waals surface area contributed by atoms with Gasteiger partial charge in [-0.2, -0.15) is 13.2 Å². The molecular weight excluding hydrogens is 311 g/mol. The molecule has 1 aromatic carbocycles. The number of halogens is 3. The van der Waals surface area contributed by atoms with Crippen LogP contribution in [0.25, 0.3) is 11.1 Å². The van der Waals surface area contributed by atoms with E-state index < -0.39 is 23.8 Å². The molecule has 0 saturated carbocycles. The van der Waals surface area contributed by atoms with Crippen molar-refractivity contribution in [2.75, 3.05) is 6.61 Å². The summed E-state index contributed by atoms with van der Waals surface area (Å²) in [5.74, 6) is -1.17. The highest BCUT2D eigenvalue weighted by molar-refractivity contribution is 5.75. The summed E-state index contributed by atoms with van der Waals surface area (Å²) < 4.78 is 43.9. The SMILES string of the molecule is O=C(O)C1COc2c(cccc2-c2ccnc(C(F)(F)F)c2)C1. The van der Waals surface area contributed by atoms with E-state index in [2.05, 4.69) is 4.98 Å². The second-order valence-electron chi connectivity index (χ2n) is 5.27. The number of carbonyl (C=O) groups is 1. The molecule has 0 aliphatic carbocycles. The van der Waals surface area contributed by atoms with Gasteiger partial charge >= 0.3 is 12.1 Å². The first-order valence-electron chi connectivity index (χ1n) is 6.87. The fraction of sp³-hybridized carbons (Fsp3) is 0.250. The van der Waals surface area contributed by atoms with Gasteiger partial charge in [0, 0.05) is 11.8 Å². The summed E-state index contributed by atoms with van der Waals surface area (Å²) in [7, 11) is 0. The normalized spacial score (nSPS) is 17.3. The van der Waals surface area contributed by atoms with Crippen LogP contribution in [0.3, 0.4) is 0 Å². The van der Waals surface area contributed by atoms with Crippen molar-refractivity contribution in [2.24, 2.45) is 5.92 Å². The summed E-state index contributed by atoms with van der Waals surface area (Å²) in [6.45, 7) is -0.00341. The number of ether oxygens (including phenoxy) is 1. The Morgan fingerprint density at radius 1 is 1.30 bits per heavy atom. The van der Waals surface area contributed by atoms with E-state index in [1.165, 1.54) is 6.07 Å². The quantitative estimate of drug-likeness (QED) is 0.920. The molecule has 1 aliphatic heterocycles. The van der Waals surface area contributed by atoms with E-state index >= 15 is 0 Å². The Balaban J connectivity index is 2.03. The average Bonchev–Trinajstić information content (AvgIpc) is 2.53. The summed E-state index contributed by atoms with van der Waals surface area (Å²) in [5, 5.41) is 9.06. The number of pyridine rings is 1. The fourth-order valence-electron chi connectivity index (χ4n) is 2.56. The van der Waals surface area contributed by atoms with Gasteiger partial charge in [-0.25, -0.2) is 0 Å². The highest BCUT2D eigenvalue weighted by Crippen LogP contribution is 2.38. The van der Waals surface area contributed by atoms with Gasteiger partial charge in [-0.1, -0.05) is 18.2 Å². The first kappa shape index (κ1) is 15.3. The molecule has 0 amide bonds. The third-order valence-corrected chi connectivity index (χ3v) is 3.70. The summed E-state index contributed by atoms with van der Waals surface area (Å²) in [4.78, 5) is 14.4. The molecule has 0 fully saturated rings. The molecule has 23 heavy (non-hydrogen) atoms. The van der Waals surface area contributed by atoms with Gasteiger partial charge in [0.1, 0.15) is 18.1 Å². The standard InChI is InChI=1S/C16H12F3NO3/c17-16(18,19)13-7-9(4-5-20-13)12-3-1-2-10-6-11(15(21)22)8-23-14(10)12/h1-5,7,11H,6,8H2,(H,21,22). The predicted molar refractivity (Wildman–Crippen MR) is 75.0 cm³/mol. The highest BCUT2D eigenvalue weighted by Gasteiger charge is 2.33. The maximum Gasteiger partial charge on any atom is 0.433 e. The van der Waals surface area contributed by atoms with Gasteiger partial charge in [-0.05, 0) is 29.7 Å². The Hall–Kier alpha value is -2.57. The van der Waals surface area contributed by atoms with Crippen LogP contribution in [0.15, 0.2) is 36.5 Å². The maximum absolute atomic E-state index is 12.8. The summed E-state index contributed by atoms with van der Waals surface area (Å²) in [6.07, 6.45) is -3.14. The molecule has 1 atom stereocenters. The monoisotopic (exact) mass is 323 g/mol. The van der Waals surface area contributed by atoms with Gasteiger partial charge in [0.15, 0.2) is 0 Å². The number of carboxylic acid groups (broad SMARTS) is 1. The van der Waals surface area contributed by atoms with Crippen LogP contribution in [0.4, 0.5) is 13.2 Å². The lowest BCUT2D eigenvalue weighted by molar-refractivity contribution is -0.143. The predicted octanol–water partition coefficient (Wildman–Crippen LogP) is 3.40. The third kappa shape index (κ3) is 2.99. The zero-order valence-electron chi connectivity index (χ0n) is 11.8. The number of hydrogen-bond acceptors (Lipinski definition) is 3. The van der Waals surface area contributed by atoms with Crippen molar-refractivity contribution in [1.82, 2.24) is 4.98 Å². The molecule has 1 aromatic heterocycles. The lowest BCUT2D eigenvalue weighted by Crippen LogP contribution is -2.28. The molecule has 2 aromatic rings. The molecule has 0 spiro atoms. The van der Waals surface area contributed by atoms with Crippen molar-refractivity contribution in [3.05, 3.63) is 47.8 Å². The molecule has 0 saturated heterocycles. The van der Waals surface area contributed by atoms with Crippen LogP contribution < -0.4 is 4.74 Å². The van der Waals surface area contributed by atoms with Gasteiger partial charge in [-0.15, -0.1) is 0 Å². The zero-order chi connectivity index (χ0) is 16.6. The number of alkyl halides is 3. The maximum atomic E-state index is 12.8. The molecule has 2 heterocycles. The number of rotatable bonds is 2. The second kappa shape index (κ2) is 5.57. The highest BCUT2D eigenvalue weighted by atomic mass is 19.4. The van der Waals surface area contributed by atoms with E-state index in [0.717, 1.165) is 12.3 Å². The Morgan fingerprint density at radius 3 is 2.78 bits per heavy atom. The molecule has 120 valence electrons. The van der Waals surface area contributed by atoms with E-state index in [9.17, 15) is 18.0 Å². The Morgan fingerprint density at radius 2 is 2.09 bits per heavy atom. The van der Waals surface area contributed by atoms with Crippen LogP contribution in [0.1, 0.15) is 11.3 Å². The van der Waals surface area contributed by atoms with Crippen LogP contribution in [0.5, 0.6) is 5.75 Å². The number of nitrogens with zero attached hydrogens (tertiary/aromatic N) is 1. The number of fused-ring (bicyclic) bond motifs is 1. The van der Waals surface area contributed by atoms with E-state index in [1.54, 1.807) is 18.2 Å². The van der Waals surface area contributed by atoms with Crippen LogP contribution in [-0.4, -0.2) is 22.7 Å². The van der Waals surface area contributed by atoms with Crippen molar-refractivity contribution >= 4 is 5.97 Å². The van der Waals surface area contributed by atoms with Gasteiger partial charge in [0.05, 0.1) is 5.92 Å². The minimum atomic E-state index is -4.53. The molecule has 3 rings (SSSR count). The van der Waals surface area contributed by atoms with Crippen LogP contribution in [0.2, 0.25) is 0 Å².